The van der Waals surface area contributed by atoms with Crippen LogP contribution in [0, 0.1) is 0 Å². The van der Waals surface area contributed by atoms with Gasteiger partial charge in [0.1, 0.15) is 8.80 Å². The molecule has 0 aromatic heterocycles. The summed E-state index contributed by atoms with van der Waals surface area (Å²) in [5.41, 5.74) is 14.6. The number of halogens is 2. The molecular weight excluding hydrogens is 557 g/mol. The first kappa shape index (κ1) is 34.4. The molecule has 1 aliphatic rings. The fourth-order valence-corrected chi connectivity index (χ4v) is 8.22. The van der Waals surface area contributed by atoms with Crippen LogP contribution >= 0.6 is 24.8 Å². The molecule has 0 fully saturated rings. The van der Waals surface area contributed by atoms with Crippen LogP contribution in [-0.4, -0.2) is 14.3 Å². The van der Waals surface area contributed by atoms with E-state index in [1.165, 1.54) is 32.6 Å². The first-order valence-corrected chi connectivity index (χ1v) is 14.1. The Hall–Kier alpha value is -1.65. The van der Waals surface area contributed by atoms with Gasteiger partial charge in [-0.3, -0.25) is 0 Å². The molecule has 1 N–H and O–H groups in total. The standard InChI is InChI=1S/C29H27Si.C4H10N.2ClH.Ti/c1-29(2,3)26-20-12-19-24-23-17-10-11-18-25(23)28(27(24)26)30(21-13-6-4-7-14-21)22-15-8-5-9-16-22;1-4(2,3)5;;;/h4-20,28H,1-3H3;5H,1-3H3;2*1H;/q;-1;;;. The van der Waals surface area contributed by atoms with Gasteiger partial charge in [0.25, 0.3) is 0 Å². The number of rotatable bonds is 3. The molecule has 0 spiro atoms. The molecule has 38 heavy (non-hydrogen) atoms. The van der Waals surface area contributed by atoms with Gasteiger partial charge in [-0.1, -0.05) is 155 Å². The van der Waals surface area contributed by atoms with E-state index in [2.05, 4.69) is 124 Å². The van der Waals surface area contributed by atoms with Crippen LogP contribution in [0.2, 0.25) is 0 Å². The number of benzene rings is 4. The van der Waals surface area contributed by atoms with Gasteiger partial charge in [-0.25, -0.2) is 0 Å². The fraction of sp³-hybridized carbons (Fsp3) is 0.273. The summed E-state index contributed by atoms with van der Waals surface area (Å²) in [6.07, 6.45) is 0. The van der Waals surface area contributed by atoms with E-state index in [1.807, 2.05) is 20.8 Å². The molecular formula is C33H39Cl2NSiTi-. The van der Waals surface area contributed by atoms with Crippen LogP contribution in [0.15, 0.2) is 103 Å². The predicted molar refractivity (Wildman–Crippen MR) is 169 cm³/mol. The van der Waals surface area contributed by atoms with Gasteiger partial charge in [0.15, 0.2) is 0 Å². The smallest absolute Gasteiger partial charge is 0.133 e. The number of fused-ring (bicyclic) bond motifs is 3. The van der Waals surface area contributed by atoms with Crippen LogP contribution in [0.25, 0.3) is 16.9 Å². The van der Waals surface area contributed by atoms with E-state index in [4.69, 9.17) is 5.73 Å². The fourth-order valence-electron chi connectivity index (χ4n) is 4.95. The quantitative estimate of drug-likeness (QED) is 0.212. The van der Waals surface area contributed by atoms with E-state index in [-0.39, 0.29) is 57.5 Å². The topological polar surface area (TPSA) is 23.8 Å². The van der Waals surface area contributed by atoms with Gasteiger partial charge < -0.3 is 5.73 Å². The maximum absolute atomic E-state index is 6.94. The molecule has 199 valence electrons. The van der Waals surface area contributed by atoms with Gasteiger partial charge in [-0.15, -0.1) is 30.4 Å². The number of hydrogen-bond donors (Lipinski definition) is 0. The molecule has 0 saturated carbocycles. The van der Waals surface area contributed by atoms with Gasteiger partial charge in [-0.05, 0) is 33.2 Å². The summed E-state index contributed by atoms with van der Waals surface area (Å²) in [5, 5.41) is 2.95. The Morgan fingerprint density at radius 3 is 1.47 bits per heavy atom. The molecule has 1 atom stereocenters. The van der Waals surface area contributed by atoms with Gasteiger partial charge in [0, 0.05) is 27.3 Å². The van der Waals surface area contributed by atoms with Crippen molar-refractivity contribution >= 4 is 44.0 Å². The minimum atomic E-state index is -1.08. The molecule has 5 rings (SSSR count). The van der Waals surface area contributed by atoms with E-state index >= 15 is 0 Å². The van der Waals surface area contributed by atoms with Gasteiger partial charge in [-0.2, -0.15) is 0 Å². The van der Waals surface area contributed by atoms with Gasteiger partial charge in [0.2, 0.25) is 0 Å². The van der Waals surface area contributed by atoms with Crippen molar-refractivity contribution in [3.63, 3.8) is 0 Å². The van der Waals surface area contributed by atoms with E-state index < -0.39 is 8.80 Å². The second-order valence-electron chi connectivity index (χ2n) is 11.4. The largest absolute Gasteiger partial charge is 0.673 e. The van der Waals surface area contributed by atoms with Crippen LogP contribution < -0.4 is 10.4 Å². The Bertz CT molecular complexity index is 1240. The van der Waals surface area contributed by atoms with Crippen molar-refractivity contribution in [3.8, 4) is 11.1 Å². The van der Waals surface area contributed by atoms with Crippen LogP contribution in [-0.2, 0) is 27.1 Å². The second-order valence-corrected chi connectivity index (χ2v) is 14.0. The first-order valence-electron chi connectivity index (χ1n) is 12.5. The zero-order valence-corrected chi connectivity index (χ0v) is 27.4. The van der Waals surface area contributed by atoms with Crippen molar-refractivity contribution in [2.24, 2.45) is 0 Å². The predicted octanol–water partition coefficient (Wildman–Crippen LogP) is 8.62. The van der Waals surface area contributed by atoms with Crippen LogP contribution in [0.3, 0.4) is 0 Å². The third kappa shape index (κ3) is 7.94. The number of nitrogens with one attached hydrogen (secondary N) is 1. The normalized spacial score (nSPS) is 13.5. The summed E-state index contributed by atoms with van der Waals surface area (Å²) in [4.78, 5) is 0. The summed E-state index contributed by atoms with van der Waals surface area (Å²) >= 11 is 0. The molecule has 1 unspecified atom stereocenters. The summed E-state index contributed by atoms with van der Waals surface area (Å²) in [7, 11) is -1.08. The van der Waals surface area contributed by atoms with E-state index in [1.54, 1.807) is 5.56 Å². The molecule has 0 saturated heterocycles. The maximum atomic E-state index is 6.94. The minimum absolute atomic E-state index is 0. The monoisotopic (exact) mass is 595 g/mol. The van der Waals surface area contributed by atoms with Crippen molar-refractivity contribution in [1.82, 2.24) is 0 Å². The van der Waals surface area contributed by atoms with E-state index in [9.17, 15) is 0 Å². The van der Waals surface area contributed by atoms with E-state index in [0.717, 1.165) is 0 Å². The van der Waals surface area contributed by atoms with Crippen LogP contribution in [0.1, 0.15) is 63.8 Å². The average molecular weight is 597 g/mol. The van der Waals surface area contributed by atoms with Crippen molar-refractivity contribution < 1.29 is 21.7 Å². The SMILES string of the molecule is CC(C)(C)[NH-].CC(C)(C)c1cccc2c1C([Si](c1ccccc1)c1ccccc1)c1ccccc1-2.Cl.Cl.[Ti]. The third-order valence-corrected chi connectivity index (χ3v) is 9.31. The molecule has 1 radical (unpaired) electrons. The summed E-state index contributed by atoms with van der Waals surface area (Å²) in [6, 6.07) is 38.4. The van der Waals surface area contributed by atoms with Crippen LogP contribution in [0.4, 0.5) is 0 Å². The van der Waals surface area contributed by atoms with Crippen molar-refractivity contribution in [1.29, 1.82) is 0 Å². The minimum Gasteiger partial charge on any atom is -0.673 e. The van der Waals surface area contributed by atoms with Crippen molar-refractivity contribution in [2.45, 2.75) is 58.0 Å². The maximum Gasteiger partial charge on any atom is 0.133 e. The Kier molecular flexibility index (Phi) is 12.8. The molecule has 1 aliphatic carbocycles. The molecule has 4 aromatic carbocycles. The van der Waals surface area contributed by atoms with Gasteiger partial charge >= 0.3 is 0 Å². The average Bonchev–Trinajstić information content (AvgIpc) is 3.14. The van der Waals surface area contributed by atoms with Crippen molar-refractivity contribution in [2.75, 3.05) is 0 Å². The number of hydrogen-bond acceptors (Lipinski definition) is 0. The second kappa shape index (κ2) is 14.1. The van der Waals surface area contributed by atoms with E-state index in [0.29, 0.717) is 5.54 Å². The van der Waals surface area contributed by atoms with Gasteiger partial charge in [0.05, 0.1) is 0 Å². The Balaban J connectivity index is 0.000000831. The first-order chi connectivity index (χ1) is 16.6. The third-order valence-electron chi connectivity index (χ3n) is 6.22. The van der Waals surface area contributed by atoms with Crippen molar-refractivity contribution in [3.05, 3.63) is 126 Å². The molecule has 4 aromatic rings. The Morgan fingerprint density at radius 2 is 1.00 bits per heavy atom. The molecule has 0 heterocycles. The molecule has 0 aliphatic heterocycles. The molecule has 5 heteroatoms. The summed E-state index contributed by atoms with van der Waals surface area (Å²) in [5.74, 6) is 0. The molecule has 0 amide bonds. The zero-order chi connectivity index (χ0) is 25.2. The Morgan fingerprint density at radius 1 is 0.579 bits per heavy atom. The van der Waals surface area contributed by atoms with Crippen LogP contribution in [0.5, 0.6) is 0 Å². The zero-order valence-electron chi connectivity index (χ0n) is 23.2. The Labute approximate surface area is 259 Å². The molecule has 0 bridgehead atoms. The molecule has 1 nitrogen and oxygen atoms in total. The summed E-state index contributed by atoms with van der Waals surface area (Å²) in [6.45, 7) is 12.6. The summed E-state index contributed by atoms with van der Waals surface area (Å²) < 4.78 is 0.